The van der Waals surface area contributed by atoms with E-state index in [4.69, 9.17) is 0 Å². The fraction of sp³-hybridized carbons (Fsp3) is 0.357. The second-order valence-corrected chi connectivity index (χ2v) is 5.60. The number of nitrogens with one attached hydrogen (secondary N) is 1. The van der Waals surface area contributed by atoms with Gasteiger partial charge in [0.2, 0.25) is 5.95 Å². The average molecular weight is 308 g/mol. The van der Waals surface area contributed by atoms with E-state index in [-0.39, 0.29) is 0 Å². The zero-order valence-electron chi connectivity index (χ0n) is 10.7. The van der Waals surface area contributed by atoms with Gasteiger partial charge < -0.3 is 9.88 Å². The summed E-state index contributed by atoms with van der Waals surface area (Å²) in [7, 11) is 0. The Morgan fingerprint density at radius 3 is 2.83 bits per heavy atom. The van der Waals surface area contributed by atoms with Crippen LogP contribution in [0.4, 0.5) is 5.95 Å². The van der Waals surface area contributed by atoms with Crippen molar-refractivity contribution in [1.29, 1.82) is 0 Å². The third-order valence-corrected chi connectivity index (χ3v) is 3.46. The number of halogens is 1. The van der Waals surface area contributed by atoms with E-state index in [1.54, 1.807) is 0 Å². The van der Waals surface area contributed by atoms with Crippen molar-refractivity contribution in [2.75, 3.05) is 11.9 Å². The van der Waals surface area contributed by atoms with Gasteiger partial charge in [0.15, 0.2) is 0 Å². The van der Waals surface area contributed by atoms with Gasteiger partial charge in [0.1, 0.15) is 0 Å². The van der Waals surface area contributed by atoms with Gasteiger partial charge in [0.05, 0.1) is 6.54 Å². The molecular weight excluding hydrogens is 290 g/mol. The summed E-state index contributed by atoms with van der Waals surface area (Å²) in [6.45, 7) is 6.14. The van der Waals surface area contributed by atoms with Crippen molar-refractivity contribution < 1.29 is 0 Å². The van der Waals surface area contributed by atoms with Crippen LogP contribution in [-0.2, 0) is 6.54 Å². The molecule has 2 rings (SSSR count). The molecule has 0 atom stereocenters. The molecule has 3 nitrogen and oxygen atoms in total. The molecule has 0 radical (unpaired) electrons. The molecule has 0 aliphatic heterocycles. The van der Waals surface area contributed by atoms with Gasteiger partial charge in [-0.05, 0) is 17.5 Å². The molecule has 0 spiro atoms. The number of imidazole rings is 1. The highest BCUT2D eigenvalue weighted by Crippen LogP contribution is 2.18. The number of aromatic nitrogens is 2. The number of hydrogen-bond donors (Lipinski definition) is 1. The Hall–Kier alpha value is -1.29. The van der Waals surface area contributed by atoms with Crippen LogP contribution in [0.2, 0.25) is 0 Å². The largest absolute Gasteiger partial charge is 0.355 e. The van der Waals surface area contributed by atoms with Crippen LogP contribution in [0.1, 0.15) is 19.4 Å². The molecule has 4 heteroatoms. The number of hydrogen-bond acceptors (Lipinski definition) is 2. The topological polar surface area (TPSA) is 29.9 Å². The monoisotopic (exact) mass is 307 g/mol. The van der Waals surface area contributed by atoms with Crippen LogP contribution in [0.3, 0.4) is 0 Å². The second-order valence-electron chi connectivity index (χ2n) is 4.74. The van der Waals surface area contributed by atoms with Crippen molar-refractivity contribution in [3.05, 3.63) is 46.7 Å². The van der Waals surface area contributed by atoms with Crippen molar-refractivity contribution in [3.8, 4) is 0 Å². The van der Waals surface area contributed by atoms with Crippen LogP contribution in [0.25, 0.3) is 0 Å². The zero-order valence-corrected chi connectivity index (χ0v) is 12.3. The number of benzene rings is 1. The van der Waals surface area contributed by atoms with Crippen molar-refractivity contribution in [3.63, 3.8) is 0 Å². The molecule has 96 valence electrons. The molecule has 0 aliphatic carbocycles. The average Bonchev–Trinajstić information content (AvgIpc) is 2.77. The van der Waals surface area contributed by atoms with Gasteiger partial charge in [0.25, 0.3) is 0 Å². The van der Waals surface area contributed by atoms with Crippen LogP contribution in [0.15, 0.2) is 41.1 Å². The molecule has 0 fully saturated rings. The summed E-state index contributed by atoms with van der Waals surface area (Å²) in [6, 6.07) is 8.27. The van der Waals surface area contributed by atoms with Crippen LogP contribution in [0.5, 0.6) is 0 Å². The molecule has 0 amide bonds. The Labute approximate surface area is 116 Å². The molecule has 0 unspecified atom stereocenters. The second kappa shape index (κ2) is 6.05. The van der Waals surface area contributed by atoms with E-state index < -0.39 is 0 Å². The van der Waals surface area contributed by atoms with E-state index in [1.807, 2.05) is 18.5 Å². The lowest BCUT2D eigenvalue weighted by Crippen LogP contribution is -2.13. The van der Waals surface area contributed by atoms with E-state index in [0.717, 1.165) is 23.5 Å². The lowest BCUT2D eigenvalue weighted by Gasteiger charge is -2.12. The van der Waals surface area contributed by atoms with Crippen LogP contribution in [-0.4, -0.2) is 16.1 Å². The molecule has 1 N–H and O–H groups in total. The summed E-state index contributed by atoms with van der Waals surface area (Å²) in [5, 5.41) is 3.37. The predicted molar refractivity (Wildman–Crippen MR) is 78.8 cm³/mol. The van der Waals surface area contributed by atoms with Crippen LogP contribution < -0.4 is 5.32 Å². The fourth-order valence-corrected chi connectivity index (χ4v) is 2.12. The first-order valence-corrected chi connectivity index (χ1v) is 6.94. The van der Waals surface area contributed by atoms with Gasteiger partial charge in [-0.15, -0.1) is 0 Å². The van der Waals surface area contributed by atoms with Crippen molar-refractivity contribution >= 4 is 21.9 Å². The first-order chi connectivity index (χ1) is 8.66. The molecule has 1 heterocycles. The first-order valence-electron chi connectivity index (χ1n) is 6.15. The third kappa shape index (κ3) is 3.35. The third-order valence-electron chi connectivity index (χ3n) is 2.68. The molecular formula is C14H18BrN3. The summed E-state index contributed by atoms with van der Waals surface area (Å²) in [6.07, 6.45) is 3.83. The van der Waals surface area contributed by atoms with Crippen molar-refractivity contribution in [1.82, 2.24) is 9.55 Å². The van der Waals surface area contributed by atoms with E-state index in [2.05, 4.69) is 62.8 Å². The smallest absolute Gasteiger partial charge is 0.203 e. The van der Waals surface area contributed by atoms with Crippen LogP contribution in [0, 0.1) is 5.92 Å². The maximum Gasteiger partial charge on any atom is 0.203 e. The van der Waals surface area contributed by atoms with Gasteiger partial charge in [-0.25, -0.2) is 4.98 Å². The predicted octanol–water partition coefficient (Wildman–Crippen LogP) is 3.76. The molecule has 1 aromatic heterocycles. The minimum absolute atomic E-state index is 0.610. The van der Waals surface area contributed by atoms with E-state index in [1.165, 1.54) is 5.56 Å². The van der Waals surface area contributed by atoms with Gasteiger partial charge in [0, 0.05) is 23.4 Å². The van der Waals surface area contributed by atoms with Gasteiger partial charge in [-0.1, -0.05) is 48.0 Å². The standard InChI is InChI=1S/C14H18BrN3/c1-11(2)9-17-14-16-7-8-18(14)10-12-5-3-4-6-13(12)15/h3-8,11H,9-10H2,1-2H3,(H,16,17). The highest BCUT2D eigenvalue weighted by Gasteiger charge is 2.05. The number of anilines is 1. The first kappa shape index (κ1) is 13.1. The van der Waals surface area contributed by atoms with Gasteiger partial charge in [-0.2, -0.15) is 0 Å². The van der Waals surface area contributed by atoms with E-state index in [0.29, 0.717) is 5.92 Å². The SMILES string of the molecule is CC(C)CNc1nccn1Cc1ccccc1Br. The molecule has 0 saturated carbocycles. The summed E-state index contributed by atoms with van der Waals surface area (Å²) in [5.41, 5.74) is 1.25. The highest BCUT2D eigenvalue weighted by atomic mass is 79.9. The summed E-state index contributed by atoms with van der Waals surface area (Å²) in [4.78, 5) is 4.35. The molecule has 1 aromatic carbocycles. The van der Waals surface area contributed by atoms with Crippen molar-refractivity contribution in [2.24, 2.45) is 5.92 Å². The molecule has 0 aliphatic rings. The zero-order chi connectivity index (χ0) is 13.0. The van der Waals surface area contributed by atoms with Gasteiger partial charge >= 0.3 is 0 Å². The molecule has 0 bridgehead atoms. The maximum atomic E-state index is 4.35. The summed E-state index contributed by atoms with van der Waals surface area (Å²) >= 11 is 3.57. The summed E-state index contributed by atoms with van der Waals surface area (Å²) < 4.78 is 3.26. The fourth-order valence-electron chi connectivity index (χ4n) is 1.71. The minimum atomic E-state index is 0.610. The van der Waals surface area contributed by atoms with E-state index in [9.17, 15) is 0 Å². The Kier molecular flexibility index (Phi) is 4.42. The molecule has 2 aromatic rings. The molecule has 18 heavy (non-hydrogen) atoms. The van der Waals surface area contributed by atoms with E-state index >= 15 is 0 Å². The quantitative estimate of drug-likeness (QED) is 0.911. The van der Waals surface area contributed by atoms with Crippen molar-refractivity contribution in [2.45, 2.75) is 20.4 Å². The summed E-state index contributed by atoms with van der Waals surface area (Å²) in [5.74, 6) is 1.54. The lowest BCUT2D eigenvalue weighted by atomic mass is 10.2. The normalized spacial score (nSPS) is 10.9. The Bertz CT molecular complexity index is 505. The van der Waals surface area contributed by atoms with Gasteiger partial charge in [-0.3, -0.25) is 0 Å². The lowest BCUT2D eigenvalue weighted by molar-refractivity contribution is 0.676. The molecule has 0 saturated heterocycles. The Balaban J connectivity index is 2.10. The minimum Gasteiger partial charge on any atom is -0.355 e. The highest BCUT2D eigenvalue weighted by molar-refractivity contribution is 9.10. The number of nitrogens with zero attached hydrogens (tertiary/aromatic N) is 2. The maximum absolute atomic E-state index is 4.35. The number of rotatable bonds is 5. The van der Waals surface area contributed by atoms with Crippen LogP contribution >= 0.6 is 15.9 Å². The Morgan fingerprint density at radius 2 is 2.11 bits per heavy atom. The Morgan fingerprint density at radius 1 is 1.33 bits per heavy atom.